The summed E-state index contributed by atoms with van der Waals surface area (Å²) in [7, 11) is 6.43. The number of rotatable bonds is 6. The molecule has 0 aliphatic carbocycles. The molecule has 2 aromatic rings. The molecule has 1 N–H and O–H groups in total. The Balaban J connectivity index is 0.000000256. The van der Waals surface area contributed by atoms with Gasteiger partial charge in [-0.1, -0.05) is 49.2 Å². The normalized spacial score (nSPS) is 23.3. The third-order valence-corrected chi connectivity index (χ3v) is 7.66. The molecule has 2 unspecified atom stereocenters. The first-order chi connectivity index (χ1) is 17.3. The molecule has 1 aromatic heterocycles. The number of nitrogens with one attached hydrogen (secondary N) is 1. The third-order valence-electron chi connectivity index (χ3n) is 7.29. The molecule has 0 bridgehead atoms. The lowest BCUT2D eigenvalue weighted by Gasteiger charge is -2.27. The van der Waals surface area contributed by atoms with Crippen LogP contribution in [-0.4, -0.2) is 78.2 Å². The summed E-state index contributed by atoms with van der Waals surface area (Å²) in [5.41, 5.74) is 1.87. The molecule has 7 nitrogen and oxygen atoms in total. The molecule has 5 rings (SSSR count). The minimum absolute atomic E-state index is 0.00618. The van der Waals surface area contributed by atoms with Crippen LogP contribution in [0.15, 0.2) is 42.6 Å². The van der Waals surface area contributed by atoms with Gasteiger partial charge in [0.1, 0.15) is 11.5 Å². The molecule has 1 amide bonds. The smallest absolute Gasteiger partial charge is 0.246 e. The Bertz CT molecular complexity index is 1120. The maximum Gasteiger partial charge on any atom is 0.246 e. The van der Waals surface area contributed by atoms with Crippen LogP contribution < -0.4 is 5.32 Å². The fraction of sp³-hybridized carbons (Fsp3) is 0.519. The van der Waals surface area contributed by atoms with Crippen LogP contribution in [0.3, 0.4) is 0 Å². The third kappa shape index (κ3) is 6.10. The van der Waals surface area contributed by atoms with Crippen LogP contribution >= 0.6 is 11.6 Å². The van der Waals surface area contributed by atoms with E-state index in [0.29, 0.717) is 31.2 Å². The van der Waals surface area contributed by atoms with Gasteiger partial charge in [-0.3, -0.25) is 14.5 Å². The molecule has 4 heterocycles. The molecule has 0 spiro atoms. The quantitative estimate of drug-likeness (QED) is 0.370. The van der Waals surface area contributed by atoms with E-state index in [9.17, 15) is 9.59 Å². The zero-order valence-corrected chi connectivity index (χ0v) is 22.0. The lowest BCUT2D eigenvalue weighted by Crippen LogP contribution is -2.38. The number of nitrogens with zero attached hydrogens (tertiary/aromatic N) is 4. The molecule has 2 saturated heterocycles. The number of hydrogen-bond donors (Lipinski definition) is 1. The van der Waals surface area contributed by atoms with Gasteiger partial charge in [-0.15, -0.1) is 0 Å². The number of carbonyl (C=O) groups is 2. The van der Waals surface area contributed by atoms with Gasteiger partial charge in [0.25, 0.3) is 0 Å². The average Bonchev–Trinajstić information content (AvgIpc) is 3.52. The number of aromatic nitrogens is 2. The van der Waals surface area contributed by atoms with Crippen molar-refractivity contribution >= 4 is 31.1 Å². The van der Waals surface area contributed by atoms with Gasteiger partial charge in [-0.05, 0) is 48.9 Å². The van der Waals surface area contributed by atoms with Crippen LogP contribution in [0.25, 0.3) is 0 Å². The SMILES string of the molecule is CCCc1ccccc1Cl.[B]C12CNCC1CN(C/C=C/C(=O)N1CCn3c(C(C)=O)cnc3C1)C2. The Morgan fingerprint density at radius 1 is 1.31 bits per heavy atom. The summed E-state index contributed by atoms with van der Waals surface area (Å²) >= 11 is 5.90. The average molecular weight is 508 g/mol. The minimum atomic E-state index is -0.115. The number of hydrogen-bond acceptors (Lipinski definition) is 5. The largest absolute Gasteiger partial charge is 0.330 e. The number of ketones is 1. The fourth-order valence-electron chi connectivity index (χ4n) is 5.30. The van der Waals surface area contributed by atoms with Crippen molar-refractivity contribution in [3.05, 3.63) is 64.7 Å². The Kier molecular flexibility index (Phi) is 8.70. The number of benzene rings is 1. The van der Waals surface area contributed by atoms with Gasteiger partial charge < -0.3 is 14.8 Å². The molecule has 2 atom stereocenters. The number of aryl methyl sites for hydroxylation is 1. The Labute approximate surface area is 220 Å². The molecule has 1 aromatic carbocycles. The zero-order chi connectivity index (χ0) is 25.7. The lowest BCUT2D eigenvalue weighted by atomic mass is 9.64. The van der Waals surface area contributed by atoms with E-state index in [2.05, 4.69) is 28.2 Å². The first kappa shape index (κ1) is 26.6. The molecule has 3 aliphatic heterocycles. The van der Waals surface area contributed by atoms with E-state index >= 15 is 0 Å². The van der Waals surface area contributed by atoms with Gasteiger partial charge in [0, 0.05) is 44.2 Å². The summed E-state index contributed by atoms with van der Waals surface area (Å²) in [6, 6.07) is 8.00. The number of imidazole rings is 1. The van der Waals surface area contributed by atoms with Crippen molar-refractivity contribution in [2.24, 2.45) is 5.92 Å². The zero-order valence-electron chi connectivity index (χ0n) is 21.3. The standard InChI is InChI=1S/C18H24BN5O2.C9H11Cl/c1-13(25)15-8-21-16-10-23(5-6-24(15)16)17(26)3-2-4-22-9-14-7-20-11-18(14,19)12-22;1-2-5-8-6-3-4-7-9(8)10/h2-3,8,14,20H,4-7,9-12H2,1H3;3-4,6-7H,2,5H2,1H3/b3-2+;. The highest BCUT2D eigenvalue weighted by molar-refractivity contribution is 6.31. The van der Waals surface area contributed by atoms with Crippen molar-refractivity contribution in [1.29, 1.82) is 0 Å². The first-order valence-corrected chi connectivity index (χ1v) is 13.1. The molecular formula is C27H35BClN5O2. The molecule has 2 fully saturated rings. The second-order valence-electron chi connectivity index (χ2n) is 10.0. The highest BCUT2D eigenvalue weighted by atomic mass is 35.5. The van der Waals surface area contributed by atoms with Crippen molar-refractivity contribution in [2.45, 2.75) is 45.1 Å². The second kappa shape index (κ2) is 11.8. The second-order valence-corrected chi connectivity index (χ2v) is 10.4. The summed E-state index contributed by atoms with van der Waals surface area (Å²) in [6.07, 6.45) is 7.43. The summed E-state index contributed by atoms with van der Waals surface area (Å²) in [6.45, 7) is 9.81. The van der Waals surface area contributed by atoms with Crippen LogP contribution in [0.1, 0.15) is 42.1 Å². The number of likely N-dealkylation sites (tertiary alicyclic amines) is 1. The van der Waals surface area contributed by atoms with Crippen molar-refractivity contribution < 1.29 is 9.59 Å². The van der Waals surface area contributed by atoms with Crippen LogP contribution in [0.2, 0.25) is 10.3 Å². The monoisotopic (exact) mass is 507 g/mol. The Morgan fingerprint density at radius 3 is 2.83 bits per heavy atom. The Morgan fingerprint density at radius 2 is 2.11 bits per heavy atom. The molecule has 9 heteroatoms. The molecule has 0 saturated carbocycles. The van der Waals surface area contributed by atoms with Crippen molar-refractivity contribution in [3.63, 3.8) is 0 Å². The van der Waals surface area contributed by atoms with Crippen LogP contribution in [0.5, 0.6) is 0 Å². The van der Waals surface area contributed by atoms with Crippen LogP contribution in [-0.2, 0) is 24.3 Å². The van der Waals surface area contributed by atoms with E-state index in [-0.39, 0.29) is 17.0 Å². The minimum Gasteiger partial charge on any atom is -0.330 e. The fourth-order valence-corrected chi connectivity index (χ4v) is 5.53. The molecule has 190 valence electrons. The van der Waals surface area contributed by atoms with Gasteiger partial charge in [0.05, 0.1) is 20.6 Å². The predicted octanol–water partition coefficient (Wildman–Crippen LogP) is 3.14. The van der Waals surface area contributed by atoms with Gasteiger partial charge in [0.15, 0.2) is 5.78 Å². The highest BCUT2D eigenvalue weighted by Gasteiger charge is 2.44. The van der Waals surface area contributed by atoms with E-state index in [1.165, 1.54) is 5.56 Å². The van der Waals surface area contributed by atoms with E-state index in [0.717, 1.165) is 56.4 Å². The van der Waals surface area contributed by atoms with Gasteiger partial charge in [-0.2, -0.15) is 0 Å². The van der Waals surface area contributed by atoms with E-state index < -0.39 is 0 Å². The van der Waals surface area contributed by atoms with E-state index in [4.69, 9.17) is 19.4 Å². The summed E-state index contributed by atoms with van der Waals surface area (Å²) in [4.78, 5) is 32.4. The lowest BCUT2D eigenvalue weighted by molar-refractivity contribution is -0.127. The molecule has 3 aliphatic rings. The van der Waals surface area contributed by atoms with Crippen LogP contribution in [0, 0.1) is 5.92 Å². The highest BCUT2D eigenvalue weighted by Crippen LogP contribution is 2.42. The van der Waals surface area contributed by atoms with E-state index in [1.807, 2.05) is 28.8 Å². The van der Waals surface area contributed by atoms with Crippen molar-refractivity contribution in [2.75, 3.05) is 39.3 Å². The summed E-state index contributed by atoms with van der Waals surface area (Å²) in [5, 5.41) is 4.14. The Hall–Kier alpha value is -2.42. The van der Waals surface area contributed by atoms with E-state index in [1.54, 1.807) is 24.1 Å². The molecule has 36 heavy (non-hydrogen) atoms. The van der Waals surface area contributed by atoms with Crippen LogP contribution in [0.4, 0.5) is 0 Å². The number of amides is 1. The summed E-state index contributed by atoms with van der Waals surface area (Å²) < 4.78 is 1.91. The summed E-state index contributed by atoms with van der Waals surface area (Å²) in [5.74, 6) is 1.27. The maximum absolute atomic E-state index is 12.5. The molecular weight excluding hydrogens is 473 g/mol. The van der Waals surface area contributed by atoms with Crippen molar-refractivity contribution in [3.8, 4) is 0 Å². The number of carbonyl (C=O) groups excluding carboxylic acids is 2. The van der Waals surface area contributed by atoms with Crippen molar-refractivity contribution in [1.82, 2.24) is 24.7 Å². The predicted molar refractivity (Wildman–Crippen MR) is 143 cm³/mol. The van der Waals surface area contributed by atoms with Gasteiger partial charge in [-0.25, -0.2) is 4.98 Å². The van der Waals surface area contributed by atoms with Gasteiger partial charge in [0.2, 0.25) is 5.91 Å². The number of halogens is 1. The number of fused-ring (bicyclic) bond motifs is 2. The molecule has 2 radical (unpaired) electrons. The van der Waals surface area contributed by atoms with Gasteiger partial charge >= 0.3 is 0 Å². The first-order valence-electron chi connectivity index (χ1n) is 12.8. The maximum atomic E-state index is 12.5. The topological polar surface area (TPSA) is 70.5 Å². The number of Topliss-reactive ketones (excluding diaryl/α,β-unsaturated/α-hetero) is 1.